The molecule has 0 atom stereocenters. The predicted octanol–water partition coefficient (Wildman–Crippen LogP) is 7.81. The zero-order valence-corrected chi connectivity index (χ0v) is 25.3. The smallest absolute Gasteiger partial charge is 0.346 e. The van der Waals surface area contributed by atoms with Crippen molar-refractivity contribution in [1.29, 1.82) is 0 Å². The van der Waals surface area contributed by atoms with Gasteiger partial charge >= 0.3 is 8.32 Å². The molecule has 43 heavy (non-hydrogen) atoms. The van der Waals surface area contributed by atoms with Crippen molar-refractivity contribution in [2.75, 3.05) is 0 Å². The van der Waals surface area contributed by atoms with E-state index in [-0.39, 0.29) is 5.92 Å². The summed E-state index contributed by atoms with van der Waals surface area (Å²) in [6.45, 7) is 0. The van der Waals surface area contributed by atoms with Gasteiger partial charge < -0.3 is 4.43 Å². The lowest BCUT2D eigenvalue weighted by molar-refractivity contribution is 0.520. The Morgan fingerprint density at radius 1 is 0.442 bits per heavy atom. The fraction of sp³-hybridized carbons (Fsp3) is 0.0732. The van der Waals surface area contributed by atoms with E-state index in [1.165, 1.54) is 26.7 Å². The molecule has 0 amide bonds. The first kappa shape index (κ1) is 28.2. The third-order valence-electron chi connectivity index (χ3n) is 7.93. The minimum Gasteiger partial charge on any atom is -0.530 e. The van der Waals surface area contributed by atoms with Crippen LogP contribution in [0.5, 0.6) is 0 Å². The Hall–Kier alpha value is -4.92. The summed E-state index contributed by atoms with van der Waals surface area (Å²) in [7, 11) is -2.99. The predicted molar refractivity (Wildman–Crippen MR) is 183 cm³/mol. The number of benzene rings is 6. The van der Waals surface area contributed by atoms with Crippen LogP contribution in [0.1, 0.15) is 16.7 Å². The van der Waals surface area contributed by atoms with Crippen molar-refractivity contribution in [2.24, 2.45) is 5.92 Å². The third kappa shape index (κ3) is 6.77. The van der Waals surface area contributed by atoms with Gasteiger partial charge in [0.15, 0.2) is 0 Å². The molecule has 2 heteroatoms. The van der Waals surface area contributed by atoms with Crippen LogP contribution >= 0.6 is 0 Å². The summed E-state index contributed by atoms with van der Waals surface area (Å²) in [6, 6.07) is 64.7. The molecule has 0 fully saturated rings. The Balaban J connectivity index is 1.55. The minimum atomic E-state index is -2.99. The zero-order chi connectivity index (χ0) is 29.2. The number of rotatable bonds is 11. The Kier molecular flexibility index (Phi) is 9.07. The van der Waals surface area contributed by atoms with E-state index >= 15 is 0 Å². The fourth-order valence-corrected chi connectivity index (χ4v) is 9.74. The van der Waals surface area contributed by atoms with Gasteiger partial charge in [0.2, 0.25) is 0 Å². The van der Waals surface area contributed by atoms with E-state index in [2.05, 4.69) is 188 Å². The molecular formula is C41H36OSi. The average molecular weight is 573 g/mol. The van der Waals surface area contributed by atoms with Crippen molar-refractivity contribution >= 4 is 29.6 Å². The first-order valence-electron chi connectivity index (χ1n) is 15.0. The van der Waals surface area contributed by atoms with Crippen LogP contribution in [-0.4, -0.2) is 8.32 Å². The van der Waals surface area contributed by atoms with Crippen LogP contribution in [0.3, 0.4) is 0 Å². The molecule has 0 saturated heterocycles. The Morgan fingerprint density at radius 2 is 0.767 bits per heavy atom. The number of hydrogen-bond donors (Lipinski definition) is 0. The normalized spacial score (nSPS) is 11.8. The Morgan fingerprint density at radius 3 is 1.14 bits per heavy atom. The van der Waals surface area contributed by atoms with Crippen molar-refractivity contribution in [2.45, 2.75) is 12.8 Å². The fourth-order valence-electron chi connectivity index (χ4n) is 5.89. The highest BCUT2D eigenvalue weighted by Gasteiger charge is 2.44. The minimum absolute atomic E-state index is 0.231. The van der Waals surface area contributed by atoms with Gasteiger partial charge in [-0.3, -0.25) is 0 Å². The van der Waals surface area contributed by atoms with Crippen LogP contribution in [0.2, 0.25) is 0 Å². The molecule has 0 spiro atoms. The van der Waals surface area contributed by atoms with E-state index in [0.29, 0.717) is 0 Å². The number of allylic oxidation sites excluding steroid dienone is 1. The van der Waals surface area contributed by atoms with Gasteiger partial charge in [0.1, 0.15) is 5.76 Å². The second-order valence-corrected chi connectivity index (χ2v) is 14.2. The molecule has 0 radical (unpaired) electrons. The first-order valence-corrected chi connectivity index (χ1v) is 16.9. The van der Waals surface area contributed by atoms with Gasteiger partial charge in [0.25, 0.3) is 0 Å². The van der Waals surface area contributed by atoms with Crippen LogP contribution in [0.4, 0.5) is 0 Å². The van der Waals surface area contributed by atoms with Gasteiger partial charge in [0, 0.05) is 5.56 Å². The molecule has 0 N–H and O–H groups in total. The molecule has 0 aliphatic heterocycles. The van der Waals surface area contributed by atoms with Crippen molar-refractivity contribution in [3.63, 3.8) is 0 Å². The third-order valence-corrected chi connectivity index (χ3v) is 11.9. The van der Waals surface area contributed by atoms with E-state index in [1.54, 1.807) is 0 Å². The van der Waals surface area contributed by atoms with Crippen LogP contribution in [0.25, 0.3) is 5.76 Å². The van der Waals surface area contributed by atoms with Crippen molar-refractivity contribution in [3.05, 3.63) is 205 Å². The maximum Gasteiger partial charge on any atom is 0.346 e. The number of hydrogen-bond acceptors (Lipinski definition) is 1. The topological polar surface area (TPSA) is 9.23 Å². The molecule has 6 aromatic rings. The van der Waals surface area contributed by atoms with Gasteiger partial charge in [-0.2, -0.15) is 0 Å². The lowest BCUT2D eigenvalue weighted by atomic mass is 9.91. The summed E-state index contributed by atoms with van der Waals surface area (Å²) >= 11 is 0. The van der Waals surface area contributed by atoms with Crippen LogP contribution < -0.4 is 15.6 Å². The lowest BCUT2D eigenvalue weighted by Gasteiger charge is -2.35. The van der Waals surface area contributed by atoms with Crippen LogP contribution in [0, 0.1) is 5.92 Å². The van der Waals surface area contributed by atoms with Gasteiger partial charge in [0.05, 0.1) is 0 Å². The summed E-state index contributed by atoms with van der Waals surface area (Å²) in [4.78, 5) is 0. The Bertz CT molecular complexity index is 1560. The highest BCUT2D eigenvalue weighted by atomic mass is 28.4. The van der Waals surface area contributed by atoms with E-state index < -0.39 is 8.32 Å². The largest absolute Gasteiger partial charge is 0.530 e. The molecule has 0 aliphatic rings. The van der Waals surface area contributed by atoms with Crippen LogP contribution in [0.15, 0.2) is 188 Å². The molecule has 6 aromatic carbocycles. The Labute approximate surface area is 256 Å². The molecule has 1 nitrogen and oxygen atoms in total. The van der Waals surface area contributed by atoms with Crippen molar-refractivity contribution < 1.29 is 4.43 Å². The second-order valence-electron chi connectivity index (χ2n) is 10.9. The highest BCUT2D eigenvalue weighted by molar-refractivity contribution is 7.07. The quantitative estimate of drug-likeness (QED) is 0.0874. The van der Waals surface area contributed by atoms with Crippen molar-refractivity contribution in [3.8, 4) is 0 Å². The summed E-state index contributed by atoms with van der Waals surface area (Å²) in [6.07, 6.45) is 4.24. The zero-order valence-electron chi connectivity index (χ0n) is 24.3. The van der Waals surface area contributed by atoms with Gasteiger partial charge in [-0.25, -0.2) is 0 Å². The van der Waals surface area contributed by atoms with Gasteiger partial charge in [-0.05, 0) is 51.5 Å². The van der Waals surface area contributed by atoms with E-state index in [4.69, 9.17) is 4.43 Å². The summed E-state index contributed by atoms with van der Waals surface area (Å²) in [5.74, 6) is 1.16. The summed E-state index contributed by atoms with van der Waals surface area (Å²) in [5.41, 5.74) is 3.74. The summed E-state index contributed by atoms with van der Waals surface area (Å²) < 4.78 is 7.69. The molecule has 6 rings (SSSR count). The molecule has 0 bridgehead atoms. The van der Waals surface area contributed by atoms with E-state index in [9.17, 15) is 0 Å². The summed E-state index contributed by atoms with van der Waals surface area (Å²) in [5, 5.41) is 3.66. The van der Waals surface area contributed by atoms with Crippen molar-refractivity contribution in [1.82, 2.24) is 0 Å². The van der Waals surface area contributed by atoms with Gasteiger partial charge in [-0.1, -0.05) is 182 Å². The van der Waals surface area contributed by atoms with Gasteiger partial charge in [-0.15, -0.1) is 0 Å². The van der Waals surface area contributed by atoms with E-state index in [1.807, 2.05) is 0 Å². The molecular weight excluding hydrogens is 537 g/mol. The molecule has 0 saturated carbocycles. The maximum atomic E-state index is 7.69. The first-order chi connectivity index (χ1) is 21.3. The monoisotopic (exact) mass is 572 g/mol. The standard InChI is InChI=1S/C41H36OSi/c1-7-19-34(20-8-1)31-36(32-35-21-9-2-10-22-35)33-41(37-23-11-3-12-24-37)42-43(38-25-13-4-14-26-38,39-27-15-5-16-28-39)40-29-17-6-18-30-40/h1-30,33,36H,31-32H2/b41-33-. The molecule has 0 unspecified atom stereocenters. The van der Waals surface area contributed by atoms with Crippen LogP contribution in [-0.2, 0) is 17.3 Å². The molecule has 0 aliphatic carbocycles. The lowest BCUT2D eigenvalue weighted by Crippen LogP contribution is -2.69. The molecule has 0 aromatic heterocycles. The molecule has 210 valence electrons. The highest BCUT2D eigenvalue weighted by Crippen LogP contribution is 2.27. The van der Waals surface area contributed by atoms with E-state index in [0.717, 1.165) is 24.2 Å². The second kappa shape index (κ2) is 13.8. The average Bonchev–Trinajstić information content (AvgIpc) is 3.09. The maximum absolute atomic E-state index is 7.69. The molecule has 0 heterocycles. The SMILES string of the molecule is C(=C(/O[Si](c1ccccc1)(c1ccccc1)c1ccccc1)c1ccccc1)/C(Cc1ccccc1)Cc1ccccc1.